The largest absolute Gasteiger partial charge is 0.379 e. The zero-order chi connectivity index (χ0) is 13.8. The van der Waals surface area contributed by atoms with Crippen molar-refractivity contribution in [3.63, 3.8) is 0 Å². The SMILES string of the molecule is CC12CCC(C1)C(C)(C)C2Nc1c(Cl)cccc1Cl. The van der Waals surface area contributed by atoms with Crippen LogP contribution >= 0.6 is 23.2 Å². The van der Waals surface area contributed by atoms with Crippen molar-refractivity contribution in [2.24, 2.45) is 16.7 Å². The van der Waals surface area contributed by atoms with Gasteiger partial charge in [0.05, 0.1) is 15.7 Å². The van der Waals surface area contributed by atoms with Crippen LogP contribution in [-0.4, -0.2) is 6.04 Å². The van der Waals surface area contributed by atoms with Crippen molar-refractivity contribution in [3.8, 4) is 0 Å². The van der Waals surface area contributed by atoms with Crippen molar-refractivity contribution in [3.05, 3.63) is 28.2 Å². The molecule has 3 rings (SSSR count). The van der Waals surface area contributed by atoms with Crippen molar-refractivity contribution in [1.29, 1.82) is 0 Å². The lowest BCUT2D eigenvalue weighted by Crippen LogP contribution is -2.45. The molecule has 1 aromatic carbocycles. The predicted octanol–water partition coefficient (Wildman–Crippen LogP) is 5.62. The monoisotopic (exact) mass is 297 g/mol. The van der Waals surface area contributed by atoms with Gasteiger partial charge in [0.15, 0.2) is 0 Å². The van der Waals surface area contributed by atoms with Gasteiger partial charge in [-0.3, -0.25) is 0 Å². The molecule has 1 N–H and O–H groups in total. The second-order valence-electron chi connectivity index (χ2n) is 7.09. The number of rotatable bonds is 2. The smallest absolute Gasteiger partial charge is 0.0721 e. The molecule has 0 aromatic heterocycles. The van der Waals surface area contributed by atoms with Crippen LogP contribution in [0.5, 0.6) is 0 Å². The molecule has 3 heteroatoms. The topological polar surface area (TPSA) is 12.0 Å². The number of para-hydroxylation sites is 1. The highest BCUT2D eigenvalue weighted by atomic mass is 35.5. The van der Waals surface area contributed by atoms with Gasteiger partial charge >= 0.3 is 0 Å². The van der Waals surface area contributed by atoms with E-state index in [-0.39, 0.29) is 0 Å². The van der Waals surface area contributed by atoms with Crippen LogP contribution in [0.2, 0.25) is 10.0 Å². The Morgan fingerprint density at radius 3 is 2.32 bits per heavy atom. The van der Waals surface area contributed by atoms with E-state index in [1.165, 1.54) is 19.3 Å². The summed E-state index contributed by atoms with van der Waals surface area (Å²) in [7, 11) is 0. The molecule has 0 heterocycles. The molecule has 0 aliphatic heterocycles. The van der Waals surface area contributed by atoms with Crippen LogP contribution in [0.1, 0.15) is 40.0 Å². The fourth-order valence-corrected chi connectivity index (χ4v) is 4.95. The van der Waals surface area contributed by atoms with E-state index in [1.54, 1.807) is 0 Å². The van der Waals surface area contributed by atoms with Crippen LogP contribution < -0.4 is 5.32 Å². The van der Waals surface area contributed by atoms with Crippen LogP contribution in [0.15, 0.2) is 18.2 Å². The molecule has 0 amide bonds. The summed E-state index contributed by atoms with van der Waals surface area (Å²) in [4.78, 5) is 0. The Morgan fingerprint density at radius 1 is 1.16 bits per heavy atom. The van der Waals surface area contributed by atoms with Crippen molar-refractivity contribution in [2.75, 3.05) is 5.32 Å². The summed E-state index contributed by atoms with van der Waals surface area (Å²) in [5.74, 6) is 0.816. The van der Waals surface area contributed by atoms with Gasteiger partial charge in [0.2, 0.25) is 0 Å². The van der Waals surface area contributed by atoms with Gasteiger partial charge in [-0.1, -0.05) is 50.0 Å². The second-order valence-corrected chi connectivity index (χ2v) is 7.90. The number of nitrogens with one attached hydrogen (secondary N) is 1. The molecule has 2 aliphatic carbocycles. The first-order chi connectivity index (χ1) is 8.84. The molecule has 104 valence electrons. The number of hydrogen-bond donors (Lipinski definition) is 1. The highest BCUT2D eigenvalue weighted by molar-refractivity contribution is 6.39. The third kappa shape index (κ3) is 1.97. The predicted molar refractivity (Wildman–Crippen MR) is 83.1 cm³/mol. The van der Waals surface area contributed by atoms with Gasteiger partial charge in [-0.05, 0) is 48.1 Å². The van der Waals surface area contributed by atoms with Crippen molar-refractivity contribution in [2.45, 2.75) is 46.1 Å². The Bertz CT molecular complexity index is 486. The summed E-state index contributed by atoms with van der Waals surface area (Å²) in [6.07, 6.45) is 3.98. The third-order valence-corrected chi connectivity index (χ3v) is 6.15. The fraction of sp³-hybridized carbons (Fsp3) is 0.625. The zero-order valence-corrected chi connectivity index (χ0v) is 13.3. The average molecular weight is 298 g/mol. The minimum absolute atomic E-state index is 0.301. The summed E-state index contributed by atoms with van der Waals surface area (Å²) < 4.78 is 0. The number of anilines is 1. The third-order valence-electron chi connectivity index (χ3n) is 5.52. The molecular weight excluding hydrogens is 277 g/mol. The van der Waals surface area contributed by atoms with E-state index < -0.39 is 0 Å². The normalized spacial score (nSPS) is 35.6. The van der Waals surface area contributed by atoms with E-state index in [0.717, 1.165) is 21.7 Å². The minimum atomic E-state index is 0.301. The molecule has 0 radical (unpaired) electrons. The average Bonchev–Trinajstić information content (AvgIpc) is 2.78. The summed E-state index contributed by atoms with van der Waals surface area (Å²) in [5, 5.41) is 5.11. The maximum absolute atomic E-state index is 6.30. The Labute approximate surface area is 125 Å². The molecule has 2 saturated carbocycles. The van der Waals surface area contributed by atoms with E-state index in [1.807, 2.05) is 18.2 Å². The van der Waals surface area contributed by atoms with Gasteiger partial charge < -0.3 is 5.32 Å². The highest BCUT2D eigenvalue weighted by Gasteiger charge is 2.59. The number of benzene rings is 1. The molecule has 2 bridgehead atoms. The second kappa shape index (κ2) is 4.30. The summed E-state index contributed by atoms with van der Waals surface area (Å²) in [5.41, 5.74) is 1.57. The van der Waals surface area contributed by atoms with Gasteiger partial charge in [-0.15, -0.1) is 0 Å². The first kappa shape index (κ1) is 13.6. The quantitative estimate of drug-likeness (QED) is 0.747. The van der Waals surface area contributed by atoms with Crippen molar-refractivity contribution < 1.29 is 0 Å². The highest BCUT2D eigenvalue weighted by Crippen LogP contribution is 2.63. The van der Waals surface area contributed by atoms with Gasteiger partial charge in [0, 0.05) is 6.04 Å². The van der Waals surface area contributed by atoms with Gasteiger partial charge in [0.1, 0.15) is 0 Å². The number of hydrogen-bond acceptors (Lipinski definition) is 1. The molecule has 1 aromatic rings. The maximum atomic E-state index is 6.30. The van der Waals surface area contributed by atoms with E-state index in [2.05, 4.69) is 26.1 Å². The molecule has 0 saturated heterocycles. The lowest BCUT2D eigenvalue weighted by Gasteiger charge is -2.44. The molecule has 2 aliphatic rings. The molecule has 0 spiro atoms. The molecule has 3 atom stereocenters. The summed E-state index contributed by atoms with van der Waals surface area (Å²) in [6.45, 7) is 7.17. The summed E-state index contributed by atoms with van der Waals surface area (Å²) >= 11 is 12.6. The summed E-state index contributed by atoms with van der Waals surface area (Å²) in [6, 6.07) is 6.14. The van der Waals surface area contributed by atoms with E-state index in [9.17, 15) is 0 Å². The van der Waals surface area contributed by atoms with E-state index in [4.69, 9.17) is 23.2 Å². The van der Waals surface area contributed by atoms with Crippen molar-refractivity contribution in [1.82, 2.24) is 0 Å². The van der Waals surface area contributed by atoms with Gasteiger partial charge in [0.25, 0.3) is 0 Å². The molecule has 2 fully saturated rings. The number of halogens is 2. The van der Waals surface area contributed by atoms with Crippen LogP contribution in [0.4, 0.5) is 5.69 Å². The van der Waals surface area contributed by atoms with Crippen LogP contribution in [-0.2, 0) is 0 Å². The molecule has 1 nitrogen and oxygen atoms in total. The standard InChI is InChI=1S/C16H21Cl2N/c1-15(2)10-7-8-16(3,9-10)14(15)19-13-11(17)5-4-6-12(13)18/h4-6,10,14,19H,7-9H2,1-3H3. The van der Waals surface area contributed by atoms with Gasteiger partial charge in [-0.25, -0.2) is 0 Å². The van der Waals surface area contributed by atoms with E-state index in [0.29, 0.717) is 16.9 Å². The molecule has 3 unspecified atom stereocenters. The molecular formula is C16H21Cl2N. The lowest BCUT2D eigenvalue weighted by atomic mass is 9.68. The van der Waals surface area contributed by atoms with Crippen LogP contribution in [0.3, 0.4) is 0 Å². The lowest BCUT2D eigenvalue weighted by molar-refractivity contribution is 0.155. The van der Waals surface area contributed by atoms with Gasteiger partial charge in [-0.2, -0.15) is 0 Å². The Kier molecular flexibility index (Phi) is 3.07. The number of fused-ring (bicyclic) bond motifs is 2. The van der Waals surface area contributed by atoms with E-state index >= 15 is 0 Å². The first-order valence-corrected chi connectivity index (χ1v) is 7.81. The fourth-order valence-electron chi connectivity index (χ4n) is 4.44. The Balaban J connectivity index is 1.95. The minimum Gasteiger partial charge on any atom is -0.379 e. The van der Waals surface area contributed by atoms with Crippen LogP contribution in [0.25, 0.3) is 0 Å². The maximum Gasteiger partial charge on any atom is 0.0721 e. The Hall–Kier alpha value is -0.400. The van der Waals surface area contributed by atoms with Crippen LogP contribution in [0, 0.1) is 16.7 Å². The first-order valence-electron chi connectivity index (χ1n) is 7.05. The zero-order valence-electron chi connectivity index (χ0n) is 11.8. The van der Waals surface area contributed by atoms with Crippen molar-refractivity contribution >= 4 is 28.9 Å². The molecule has 19 heavy (non-hydrogen) atoms. The Morgan fingerprint density at radius 2 is 1.79 bits per heavy atom.